The van der Waals surface area contributed by atoms with E-state index in [9.17, 15) is 13.9 Å². The summed E-state index contributed by atoms with van der Waals surface area (Å²) in [5.41, 5.74) is -0.671. The number of aliphatic hydroxyl groups is 1. The summed E-state index contributed by atoms with van der Waals surface area (Å²) in [7, 11) is 1.37. The number of methoxy groups -OCH3 is 1. The molecule has 1 atom stereocenters. The van der Waals surface area contributed by atoms with Gasteiger partial charge in [-0.05, 0) is 0 Å². The zero-order valence-electron chi connectivity index (χ0n) is 13.7. The lowest BCUT2D eigenvalue weighted by atomic mass is 9.79. The van der Waals surface area contributed by atoms with Crippen molar-refractivity contribution in [2.45, 2.75) is 19.9 Å². The first-order chi connectivity index (χ1) is 10.4. The molecule has 1 aromatic carbocycles. The number of benzene rings is 1. The van der Waals surface area contributed by atoms with E-state index in [-0.39, 0.29) is 30.3 Å². The van der Waals surface area contributed by atoms with Crippen LogP contribution in [0.3, 0.4) is 0 Å². The van der Waals surface area contributed by atoms with E-state index in [1.165, 1.54) is 19.2 Å². The van der Waals surface area contributed by atoms with E-state index in [1.807, 2.05) is 18.7 Å². The Balaban J connectivity index is 0.00000264. The van der Waals surface area contributed by atoms with Crippen molar-refractivity contribution in [1.29, 1.82) is 0 Å². The molecule has 4 nitrogen and oxygen atoms in total. The van der Waals surface area contributed by atoms with Gasteiger partial charge < -0.3 is 15.2 Å². The Bertz CT molecular complexity index is 500. The quantitative estimate of drug-likeness (QED) is 0.855. The molecular weight excluding hydrogens is 326 g/mol. The minimum atomic E-state index is -0.673. The third kappa shape index (κ3) is 4.32. The zero-order chi connectivity index (χ0) is 16.3. The van der Waals surface area contributed by atoms with Crippen LogP contribution in [0.5, 0.6) is 5.75 Å². The maximum Gasteiger partial charge on any atom is 0.134 e. The first kappa shape index (κ1) is 20.1. The summed E-state index contributed by atoms with van der Waals surface area (Å²) in [6.45, 7) is 6.37. The summed E-state index contributed by atoms with van der Waals surface area (Å²) in [4.78, 5) is 2.03. The average molecular weight is 351 g/mol. The maximum atomic E-state index is 14.5. The molecule has 1 aromatic rings. The lowest BCUT2D eigenvalue weighted by Crippen LogP contribution is -2.50. The number of halogens is 3. The van der Waals surface area contributed by atoms with Crippen LogP contribution in [-0.4, -0.2) is 49.9 Å². The number of hydrogen-bond acceptors (Lipinski definition) is 4. The molecule has 7 heteroatoms. The van der Waals surface area contributed by atoms with Crippen molar-refractivity contribution < 1.29 is 18.6 Å². The van der Waals surface area contributed by atoms with Crippen LogP contribution in [0.2, 0.25) is 0 Å². The van der Waals surface area contributed by atoms with Gasteiger partial charge in [-0.15, -0.1) is 12.4 Å². The van der Waals surface area contributed by atoms with Crippen LogP contribution in [0.1, 0.15) is 25.5 Å². The number of aliphatic hydroxyl groups excluding tert-OH is 1. The highest BCUT2D eigenvalue weighted by Gasteiger charge is 2.39. The van der Waals surface area contributed by atoms with E-state index in [1.54, 1.807) is 0 Å². The zero-order valence-corrected chi connectivity index (χ0v) is 14.6. The Labute approximate surface area is 142 Å². The Morgan fingerprint density at radius 2 is 1.78 bits per heavy atom. The van der Waals surface area contributed by atoms with E-state index in [2.05, 4.69) is 5.32 Å². The molecule has 1 aliphatic heterocycles. The van der Waals surface area contributed by atoms with Crippen molar-refractivity contribution in [2.75, 3.05) is 39.9 Å². The molecule has 0 aliphatic carbocycles. The molecule has 1 saturated heterocycles. The molecule has 0 aromatic heterocycles. The maximum absolute atomic E-state index is 14.5. The monoisotopic (exact) mass is 350 g/mol. The van der Waals surface area contributed by atoms with E-state index >= 15 is 0 Å². The average Bonchev–Trinajstić information content (AvgIpc) is 2.51. The molecule has 23 heavy (non-hydrogen) atoms. The lowest BCUT2D eigenvalue weighted by molar-refractivity contribution is 0.0265. The number of nitrogens with zero attached hydrogens (tertiary/aromatic N) is 1. The van der Waals surface area contributed by atoms with Crippen LogP contribution >= 0.6 is 12.4 Å². The van der Waals surface area contributed by atoms with Gasteiger partial charge in [0.25, 0.3) is 0 Å². The predicted molar refractivity (Wildman–Crippen MR) is 88.2 cm³/mol. The third-order valence-corrected chi connectivity index (χ3v) is 4.23. The molecule has 0 radical (unpaired) electrons. The van der Waals surface area contributed by atoms with Crippen LogP contribution in [-0.2, 0) is 0 Å². The van der Waals surface area contributed by atoms with Gasteiger partial charge in [-0.25, -0.2) is 8.78 Å². The van der Waals surface area contributed by atoms with Gasteiger partial charge >= 0.3 is 0 Å². The highest BCUT2D eigenvalue weighted by Crippen LogP contribution is 2.41. The minimum Gasteiger partial charge on any atom is -0.497 e. The molecule has 1 fully saturated rings. The molecule has 1 aliphatic rings. The fraction of sp³-hybridized carbons (Fsp3) is 0.625. The van der Waals surface area contributed by atoms with Crippen molar-refractivity contribution >= 4 is 12.4 Å². The standard InChI is InChI=1S/C16H24F2N2O2.ClH/c1-16(2,10-21)15(20-6-4-19-5-7-20)14-12(17)8-11(22-3)9-13(14)18;/h8-9,15,19,21H,4-7,10H2,1-3H3;1H/t15-;/m1./s1. The summed E-state index contributed by atoms with van der Waals surface area (Å²) in [6.07, 6.45) is 0. The van der Waals surface area contributed by atoms with Gasteiger partial charge in [-0.2, -0.15) is 0 Å². The van der Waals surface area contributed by atoms with Crippen molar-refractivity contribution in [3.63, 3.8) is 0 Å². The highest BCUT2D eigenvalue weighted by atomic mass is 35.5. The molecule has 0 spiro atoms. The van der Waals surface area contributed by atoms with Crippen LogP contribution in [0, 0.1) is 17.0 Å². The van der Waals surface area contributed by atoms with Crippen LogP contribution in [0.25, 0.3) is 0 Å². The number of nitrogens with one attached hydrogen (secondary N) is 1. The highest BCUT2D eigenvalue weighted by molar-refractivity contribution is 5.85. The van der Waals surface area contributed by atoms with Gasteiger partial charge in [-0.3, -0.25) is 4.90 Å². The molecule has 0 unspecified atom stereocenters. The van der Waals surface area contributed by atoms with Crippen LogP contribution in [0.15, 0.2) is 12.1 Å². The van der Waals surface area contributed by atoms with Crippen molar-refractivity contribution in [1.82, 2.24) is 10.2 Å². The molecular formula is C16H25ClF2N2O2. The number of rotatable bonds is 5. The molecule has 132 valence electrons. The van der Waals surface area contributed by atoms with Gasteiger partial charge in [0.2, 0.25) is 0 Å². The first-order valence-electron chi connectivity index (χ1n) is 7.49. The fourth-order valence-corrected chi connectivity index (χ4v) is 3.03. The Hall–Kier alpha value is -0.950. The van der Waals surface area contributed by atoms with Gasteiger partial charge in [0.15, 0.2) is 0 Å². The van der Waals surface area contributed by atoms with E-state index < -0.39 is 23.1 Å². The topological polar surface area (TPSA) is 44.7 Å². The predicted octanol–water partition coefficient (Wildman–Crippen LogP) is 2.36. The summed E-state index contributed by atoms with van der Waals surface area (Å²) >= 11 is 0. The van der Waals surface area contributed by atoms with Crippen molar-refractivity contribution in [2.24, 2.45) is 5.41 Å². The SMILES string of the molecule is COc1cc(F)c([C@@H](N2CCNCC2)C(C)(C)CO)c(F)c1.Cl. The molecule has 0 bridgehead atoms. The van der Waals surface area contributed by atoms with Gasteiger partial charge in [0.1, 0.15) is 17.4 Å². The molecule has 0 saturated carbocycles. The second-order valence-corrected chi connectivity index (χ2v) is 6.34. The van der Waals surface area contributed by atoms with Crippen LogP contribution < -0.4 is 10.1 Å². The van der Waals surface area contributed by atoms with E-state index in [4.69, 9.17) is 4.74 Å². The Morgan fingerprint density at radius 1 is 1.26 bits per heavy atom. The fourth-order valence-electron chi connectivity index (χ4n) is 3.03. The van der Waals surface area contributed by atoms with Gasteiger partial charge in [-0.1, -0.05) is 13.8 Å². The normalized spacial score (nSPS) is 17.5. The molecule has 2 N–H and O–H groups in total. The number of hydrogen-bond donors (Lipinski definition) is 2. The van der Waals surface area contributed by atoms with Crippen molar-refractivity contribution in [3.05, 3.63) is 29.3 Å². The Morgan fingerprint density at radius 3 is 2.22 bits per heavy atom. The Kier molecular flexibility index (Phi) is 7.20. The summed E-state index contributed by atoms with van der Waals surface area (Å²) in [5, 5.41) is 13.0. The van der Waals surface area contributed by atoms with Gasteiger partial charge in [0, 0.05) is 61.9 Å². The number of piperazine rings is 1. The van der Waals surface area contributed by atoms with E-state index in [0.717, 1.165) is 13.1 Å². The second kappa shape index (κ2) is 8.24. The van der Waals surface area contributed by atoms with Gasteiger partial charge in [0.05, 0.1) is 7.11 Å². The lowest BCUT2D eigenvalue weighted by Gasteiger charge is -2.43. The second-order valence-electron chi connectivity index (χ2n) is 6.34. The number of ether oxygens (including phenoxy) is 1. The van der Waals surface area contributed by atoms with Crippen LogP contribution in [0.4, 0.5) is 8.78 Å². The smallest absolute Gasteiger partial charge is 0.134 e. The molecule has 1 heterocycles. The van der Waals surface area contributed by atoms with E-state index in [0.29, 0.717) is 13.1 Å². The first-order valence-corrected chi connectivity index (χ1v) is 7.49. The molecule has 0 amide bonds. The molecule has 2 rings (SSSR count). The van der Waals surface area contributed by atoms with Crippen molar-refractivity contribution in [3.8, 4) is 5.75 Å². The largest absolute Gasteiger partial charge is 0.497 e. The minimum absolute atomic E-state index is 0. The summed E-state index contributed by atoms with van der Waals surface area (Å²) in [5.74, 6) is -1.12. The summed E-state index contributed by atoms with van der Waals surface area (Å²) < 4.78 is 34.0. The third-order valence-electron chi connectivity index (χ3n) is 4.23. The summed E-state index contributed by atoms with van der Waals surface area (Å²) in [6, 6.07) is 1.85.